The van der Waals surface area contributed by atoms with Gasteiger partial charge >= 0.3 is 0 Å². The third kappa shape index (κ3) is 3.17. The molecule has 0 aliphatic rings. The van der Waals surface area contributed by atoms with E-state index < -0.39 is 5.24 Å². The number of rotatable bonds is 2. The molecule has 0 radical (unpaired) electrons. The van der Waals surface area contributed by atoms with Crippen LogP contribution in [0.15, 0.2) is 36.4 Å². The molecule has 0 N–H and O–H groups in total. The van der Waals surface area contributed by atoms with Crippen molar-refractivity contribution in [2.45, 2.75) is 20.8 Å². The predicted octanol–water partition coefficient (Wildman–Crippen LogP) is 3.59. The van der Waals surface area contributed by atoms with Crippen LogP contribution in [-0.4, -0.2) is 15.0 Å². The van der Waals surface area contributed by atoms with Gasteiger partial charge in [0.1, 0.15) is 5.69 Å². The van der Waals surface area contributed by atoms with E-state index in [2.05, 4.69) is 5.10 Å². The number of halogens is 1. The number of carbonyl (C=O) groups is 1. The lowest BCUT2D eigenvalue weighted by Gasteiger charge is -2.03. The van der Waals surface area contributed by atoms with Gasteiger partial charge in [-0.3, -0.25) is 4.79 Å². The van der Waals surface area contributed by atoms with Gasteiger partial charge < -0.3 is 0 Å². The van der Waals surface area contributed by atoms with Crippen molar-refractivity contribution in [1.29, 1.82) is 0 Å². The van der Waals surface area contributed by atoms with E-state index in [0.29, 0.717) is 5.69 Å². The molecule has 0 unspecified atom stereocenters. The molecule has 1 aromatic carbocycles. The first-order valence-electron chi connectivity index (χ1n) is 5.50. The minimum Gasteiger partial charge on any atom is -0.274 e. The maximum atomic E-state index is 11.2. The number of aromatic nitrogens is 2. The van der Waals surface area contributed by atoms with Crippen LogP contribution in [0.3, 0.4) is 0 Å². The summed E-state index contributed by atoms with van der Waals surface area (Å²) < 4.78 is 1.55. The van der Waals surface area contributed by atoms with Gasteiger partial charge in [-0.2, -0.15) is 5.10 Å². The van der Waals surface area contributed by atoms with Crippen LogP contribution in [0.4, 0.5) is 0 Å². The fourth-order valence-electron chi connectivity index (χ4n) is 1.41. The molecule has 0 amide bonds. The number of benzene rings is 1. The van der Waals surface area contributed by atoms with Gasteiger partial charge in [-0.25, -0.2) is 4.68 Å². The lowest BCUT2D eigenvalue weighted by atomic mass is 10.3. The molecule has 90 valence electrons. The standard InChI is InChI=1S/C11H9ClN2O.C2H6/c1-8-7-10(11(12)15)14(13-8)9-5-3-2-4-6-9;1-2/h2-7H,1H3;1-2H3. The topological polar surface area (TPSA) is 34.9 Å². The SMILES string of the molecule is CC.Cc1cc(C(=O)Cl)n(-c2ccccc2)n1. The van der Waals surface area contributed by atoms with E-state index >= 15 is 0 Å². The zero-order valence-corrected chi connectivity index (χ0v) is 10.9. The van der Waals surface area contributed by atoms with Crippen molar-refractivity contribution >= 4 is 16.8 Å². The molecule has 17 heavy (non-hydrogen) atoms. The van der Waals surface area contributed by atoms with Gasteiger partial charge in [-0.15, -0.1) is 0 Å². The predicted molar refractivity (Wildman–Crippen MR) is 69.8 cm³/mol. The van der Waals surface area contributed by atoms with E-state index in [1.165, 1.54) is 0 Å². The van der Waals surface area contributed by atoms with Gasteiger partial charge in [0.25, 0.3) is 5.24 Å². The van der Waals surface area contributed by atoms with Crippen molar-refractivity contribution in [1.82, 2.24) is 9.78 Å². The number of aryl methyl sites for hydroxylation is 1. The van der Waals surface area contributed by atoms with Gasteiger partial charge in [-0.1, -0.05) is 32.0 Å². The van der Waals surface area contributed by atoms with E-state index in [0.717, 1.165) is 11.4 Å². The van der Waals surface area contributed by atoms with Crippen LogP contribution in [0, 0.1) is 6.92 Å². The van der Waals surface area contributed by atoms with Crippen molar-refractivity contribution in [3.63, 3.8) is 0 Å². The summed E-state index contributed by atoms with van der Waals surface area (Å²) in [4.78, 5) is 11.2. The highest BCUT2D eigenvalue weighted by atomic mass is 35.5. The van der Waals surface area contributed by atoms with Crippen molar-refractivity contribution < 1.29 is 4.79 Å². The second kappa shape index (κ2) is 6.21. The molecule has 1 heterocycles. The van der Waals surface area contributed by atoms with Gasteiger partial charge in [-0.05, 0) is 36.7 Å². The smallest absolute Gasteiger partial charge is 0.270 e. The summed E-state index contributed by atoms with van der Waals surface area (Å²) in [6.07, 6.45) is 0. The Morgan fingerprint density at radius 2 is 1.82 bits per heavy atom. The van der Waals surface area contributed by atoms with Gasteiger partial charge in [0.2, 0.25) is 0 Å². The molecule has 2 aromatic rings. The van der Waals surface area contributed by atoms with Crippen molar-refractivity contribution in [2.75, 3.05) is 0 Å². The second-order valence-corrected chi connectivity index (χ2v) is 3.54. The molecule has 3 nitrogen and oxygen atoms in total. The Morgan fingerprint density at radius 3 is 2.35 bits per heavy atom. The Hall–Kier alpha value is -1.61. The Bertz CT molecular complexity index is 491. The molecule has 0 saturated carbocycles. The molecule has 0 fully saturated rings. The highest BCUT2D eigenvalue weighted by Crippen LogP contribution is 2.13. The molecule has 4 heteroatoms. The molecular formula is C13H15ClN2O. The van der Waals surface area contributed by atoms with Crippen LogP contribution in [0.5, 0.6) is 0 Å². The van der Waals surface area contributed by atoms with E-state index in [1.807, 2.05) is 51.1 Å². The van der Waals surface area contributed by atoms with Crippen molar-refractivity contribution in [3.8, 4) is 5.69 Å². The molecule has 1 aromatic heterocycles. The Kier molecular flexibility index (Phi) is 4.91. The maximum absolute atomic E-state index is 11.2. The first kappa shape index (κ1) is 13.5. The monoisotopic (exact) mass is 250 g/mol. The largest absolute Gasteiger partial charge is 0.274 e. The summed E-state index contributed by atoms with van der Waals surface area (Å²) in [5, 5.41) is 3.71. The summed E-state index contributed by atoms with van der Waals surface area (Å²) in [5.41, 5.74) is 1.98. The normalized spacial score (nSPS) is 9.41. The van der Waals surface area contributed by atoms with Crippen molar-refractivity contribution in [2.24, 2.45) is 0 Å². The van der Waals surface area contributed by atoms with Crippen LogP contribution in [-0.2, 0) is 0 Å². The minimum atomic E-state index is -0.501. The minimum absolute atomic E-state index is 0.389. The third-order valence-electron chi connectivity index (χ3n) is 2.03. The lowest BCUT2D eigenvalue weighted by Crippen LogP contribution is -2.04. The number of para-hydroxylation sites is 1. The molecule has 0 bridgehead atoms. The average Bonchev–Trinajstić information content (AvgIpc) is 2.75. The highest BCUT2D eigenvalue weighted by molar-refractivity contribution is 6.67. The van der Waals surface area contributed by atoms with E-state index in [9.17, 15) is 4.79 Å². The third-order valence-corrected chi connectivity index (χ3v) is 2.23. The first-order chi connectivity index (χ1) is 8.18. The fraction of sp³-hybridized carbons (Fsp3) is 0.231. The maximum Gasteiger partial charge on any atom is 0.270 e. The van der Waals surface area contributed by atoms with E-state index in [1.54, 1.807) is 10.7 Å². The average molecular weight is 251 g/mol. The quantitative estimate of drug-likeness (QED) is 0.764. The molecular weight excluding hydrogens is 236 g/mol. The number of carbonyl (C=O) groups excluding carboxylic acids is 1. The second-order valence-electron chi connectivity index (χ2n) is 3.19. The van der Waals surface area contributed by atoms with Gasteiger partial charge in [0.05, 0.1) is 11.4 Å². The summed E-state index contributed by atoms with van der Waals surface area (Å²) in [6.45, 7) is 5.82. The van der Waals surface area contributed by atoms with Crippen LogP contribution in [0.25, 0.3) is 5.69 Å². The van der Waals surface area contributed by atoms with Crippen LogP contribution < -0.4 is 0 Å². The fourth-order valence-corrected chi connectivity index (χ4v) is 1.54. The molecule has 0 aliphatic heterocycles. The summed E-state index contributed by atoms with van der Waals surface area (Å²) >= 11 is 5.47. The summed E-state index contributed by atoms with van der Waals surface area (Å²) in [7, 11) is 0. The molecule has 0 saturated heterocycles. The van der Waals surface area contributed by atoms with E-state index in [-0.39, 0.29) is 0 Å². The van der Waals surface area contributed by atoms with Gasteiger partial charge in [0, 0.05) is 0 Å². The summed E-state index contributed by atoms with van der Waals surface area (Å²) in [6, 6.07) is 11.1. The van der Waals surface area contributed by atoms with Gasteiger partial charge in [0.15, 0.2) is 0 Å². The molecule has 0 spiro atoms. The lowest BCUT2D eigenvalue weighted by molar-refractivity contribution is 0.107. The van der Waals surface area contributed by atoms with Crippen molar-refractivity contribution in [3.05, 3.63) is 47.8 Å². The number of hydrogen-bond donors (Lipinski definition) is 0. The number of nitrogens with zero attached hydrogens (tertiary/aromatic N) is 2. The molecule has 0 atom stereocenters. The Morgan fingerprint density at radius 1 is 1.24 bits per heavy atom. The van der Waals surface area contributed by atoms with Crippen LogP contribution >= 0.6 is 11.6 Å². The van der Waals surface area contributed by atoms with E-state index in [4.69, 9.17) is 11.6 Å². The van der Waals surface area contributed by atoms with Crippen LogP contribution in [0.2, 0.25) is 0 Å². The first-order valence-corrected chi connectivity index (χ1v) is 5.88. The summed E-state index contributed by atoms with van der Waals surface area (Å²) in [5.74, 6) is 0. The zero-order chi connectivity index (χ0) is 12.8. The molecule has 2 rings (SSSR count). The Balaban J connectivity index is 0.000000686. The molecule has 0 aliphatic carbocycles. The zero-order valence-electron chi connectivity index (χ0n) is 10.1. The highest BCUT2D eigenvalue weighted by Gasteiger charge is 2.12. The number of hydrogen-bond acceptors (Lipinski definition) is 2. The Labute approximate surface area is 106 Å². The van der Waals surface area contributed by atoms with Crippen LogP contribution in [0.1, 0.15) is 30.0 Å².